The molecule has 1 aromatic carbocycles. The Labute approximate surface area is 181 Å². The molecule has 0 saturated carbocycles. The molecule has 5 nitrogen and oxygen atoms in total. The summed E-state index contributed by atoms with van der Waals surface area (Å²) in [5.41, 5.74) is 1.18. The summed E-state index contributed by atoms with van der Waals surface area (Å²) >= 11 is 0. The lowest BCUT2D eigenvalue weighted by molar-refractivity contribution is -0.137. The van der Waals surface area contributed by atoms with Crippen molar-refractivity contribution in [1.82, 2.24) is 9.88 Å². The number of carbonyl (C=O) groups is 1. The molecule has 0 aliphatic carbocycles. The number of anilines is 2. The fourth-order valence-electron chi connectivity index (χ4n) is 3.81. The zero-order valence-corrected chi connectivity index (χ0v) is 18.1. The molecular formula is C23H29F3N4O. The lowest BCUT2D eigenvalue weighted by Crippen LogP contribution is -2.44. The highest BCUT2D eigenvalue weighted by molar-refractivity contribution is 5.95. The van der Waals surface area contributed by atoms with E-state index in [1.165, 1.54) is 6.07 Å². The van der Waals surface area contributed by atoms with Gasteiger partial charge in [-0.3, -0.25) is 9.69 Å². The number of alkyl halides is 3. The second-order valence-electron chi connectivity index (χ2n) is 8.19. The number of nitrogens with zero attached hydrogens (tertiary/aromatic N) is 3. The average molecular weight is 435 g/mol. The van der Waals surface area contributed by atoms with E-state index >= 15 is 0 Å². The number of carbonyl (C=O) groups excluding carboxylic acids is 1. The number of pyridine rings is 1. The van der Waals surface area contributed by atoms with Gasteiger partial charge >= 0.3 is 6.18 Å². The number of amides is 1. The Bertz CT molecular complexity index is 883. The van der Waals surface area contributed by atoms with E-state index in [9.17, 15) is 18.0 Å². The first-order valence-corrected chi connectivity index (χ1v) is 10.6. The highest BCUT2D eigenvalue weighted by atomic mass is 19.4. The van der Waals surface area contributed by atoms with Crippen molar-refractivity contribution in [1.29, 1.82) is 0 Å². The molecule has 1 unspecified atom stereocenters. The summed E-state index contributed by atoms with van der Waals surface area (Å²) in [4.78, 5) is 21.0. The van der Waals surface area contributed by atoms with Gasteiger partial charge in [-0.05, 0) is 43.0 Å². The van der Waals surface area contributed by atoms with Crippen molar-refractivity contribution in [2.45, 2.75) is 45.3 Å². The summed E-state index contributed by atoms with van der Waals surface area (Å²) in [6.45, 7) is 8.71. The van der Waals surface area contributed by atoms with Crippen molar-refractivity contribution in [3.05, 3.63) is 53.7 Å². The normalized spacial score (nSPS) is 16.8. The van der Waals surface area contributed by atoms with E-state index in [-0.39, 0.29) is 11.9 Å². The smallest absolute Gasteiger partial charge is 0.355 e. The molecule has 1 aliphatic rings. The molecule has 1 aromatic heterocycles. The van der Waals surface area contributed by atoms with Gasteiger partial charge in [-0.1, -0.05) is 32.0 Å². The Morgan fingerprint density at radius 2 is 1.77 bits per heavy atom. The molecule has 1 N–H and O–H groups in total. The van der Waals surface area contributed by atoms with Gasteiger partial charge < -0.3 is 10.2 Å². The number of nitrogens with one attached hydrogen (secondary N) is 1. The van der Waals surface area contributed by atoms with Crippen LogP contribution < -0.4 is 10.2 Å². The first-order chi connectivity index (χ1) is 14.7. The van der Waals surface area contributed by atoms with Crippen molar-refractivity contribution >= 4 is 17.4 Å². The van der Waals surface area contributed by atoms with Gasteiger partial charge in [0.1, 0.15) is 5.82 Å². The van der Waals surface area contributed by atoms with Gasteiger partial charge in [-0.15, -0.1) is 0 Å². The summed E-state index contributed by atoms with van der Waals surface area (Å²) in [6, 6.07) is 9.97. The summed E-state index contributed by atoms with van der Waals surface area (Å²) in [7, 11) is 0. The molecule has 2 heterocycles. The summed E-state index contributed by atoms with van der Waals surface area (Å²) in [5.74, 6) is 0.766. The summed E-state index contributed by atoms with van der Waals surface area (Å²) in [5, 5.41) is 3.06. The fourth-order valence-corrected chi connectivity index (χ4v) is 3.81. The number of para-hydroxylation sites is 1. The van der Waals surface area contributed by atoms with Crippen molar-refractivity contribution in [3.8, 4) is 0 Å². The fraction of sp³-hybridized carbons (Fsp3) is 0.478. The van der Waals surface area contributed by atoms with E-state index in [1.807, 2.05) is 36.1 Å². The standard InChI is InChI=1S/C23H29F3N4O/c1-16(2)19-7-4-5-8-20(19)28-22(31)17(3)29-11-6-12-30(14-13-29)21-10-9-18(15-27-21)23(24,25)26/h4-5,7-10,15-17H,6,11-14H2,1-3H3,(H,28,31). The van der Waals surface area contributed by atoms with Crippen LogP contribution in [0.3, 0.4) is 0 Å². The van der Waals surface area contributed by atoms with Gasteiger partial charge in [0.25, 0.3) is 0 Å². The Hall–Kier alpha value is -2.61. The van der Waals surface area contributed by atoms with Gasteiger partial charge in [0.15, 0.2) is 0 Å². The number of rotatable bonds is 5. The average Bonchev–Trinajstić information content (AvgIpc) is 2.99. The quantitative estimate of drug-likeness (QED) is 0.737. The van der Waals surface area contributed by atoms with E-state index < -0.39 is 11.7 Å². The molecule has 0 spiro atoms. The molecular weight excluding hydrogens is 405 g/mol. The van der Waals surface area contributed by atoms with Crippen LogP contribution in [0.4, 0.5) is 24.7 Å². The van der Waals surface area contributed by atoms with Crippen molar-refractivity contribution in [2.75, 3.05) is 36.4 Å². The van der Waals surface area contributed by atoms with Crippen LogP contribution in [0.5, 0.6) is 0 Å². The SMILES string of the molecule is CC(C)c1ccccc1NC(=O)C(C)N1CCCN(c2ccc(C(F)(F)F)cn2)CC1. The molecule has 0 bridgehead atoms. The Morgan fingerprint density at radius 3 is 2.42 bits per heavy atom. The minimum Gasteiger partial charge on any atom is -0.355 e. The zero-order valence-electron chi connectivity index (χ0n) is 18.1. The molecule has 8 heteroatoms. The first-order valence-electron chi connectivity index (χ1n) is 10.6. The minimum atomic E-state index is -4.39. The summed E-state index contributed by atoms with van der Waals surface area (Å²) < 4.78 is 38.3. The van der Waals surface area contributed by atoms with Crippen LogP contribution in [0.15, 0.2) is 42.6 Å². The second-order valence-corrected chi connectivity index (χ2v) is 8.19. The third-order valence-electron chi connectivity index (χ3n) is 5.70. The van der Waals surface area contributed by atoms with Crippen molar-refractivity contribution < 1.29 is 18.0 Å². The van der Waals surface area contributed by atoms with Gasteiger partial charge in [0.2, 0.25) is 5.91 Å². The Morgan fingerprint density at radius 1 is 1.03 bits per heavy atom. The lowest BCUT2D eigenvalue weighted by atomic mass is 10.0. The number of hydrogen-bond donors (Lipinski definition) is 1. The minimum absolute atomic E-state index is 0.0609. The number of aromatic nitrogens is 1. The van der Waals surface area contributed by atoms with Crippen molar-refractivity contribution in [2.24, 2.45) is 0 Å². The monoisotopic (exact) mass is 434 g/mol. The number of hydrogen-bond acceptors (Lipinski definition) is 4. The van der Waals surface area contributed by atoms with E-state index in [2.05, 4.69) is 29.0 Å². The predicted molar refractivity (Wildman–Crippen MR) is 116 cm³/mol. The maximum Gasteiger partial charge on any atom is 0.417 e. The van der Waals surface area contributed by atoms with Crippen LogP contribution in [0.2, 0.25) is 0 Å². The molecule has 1 aliphatic heterocycles. The molecule has 1 atom stereocenters. The summed E-state index contributed by atoms with van der Waals surface area (Å²) in [6.07, 6.45) is -2.72. The molecule has 1 saturated heterocycles. The molecule has 2 aromatic rings. The van der Waals surface area contributed by atoms with E-state index in [4.69, 9.17) is 0 Å². The van der Waals surface area contributed by atoms with Crippen LogP contribution in [0.25, 0.3) is 0 Å². The van der Waals surface area contributed by atoms with E-state index in [0.29, 0.717) is 31.4 Å². The number of benzene rings is 1. The molecule has 3 rings (SSSR count). The third kappa shape index (κ3) is 5.76. The molecule has 0 radical (unpaired) electrons. The maximum absolute atomic E-state index is 12.9. The van der Waals surface area contributed by atoms with Crippen LogP contribution in [-0.4, -0.2) is 48.0 Å². The highest BCUT2D eigenvalue weighted by Gasteiger charge is 2.31. The van der Waals surface area contributed by atoms with Crippen LogP contribution >= 0.6 is 0 Å². The van der Waals surface area contributed by atoms with Crippen LogP contribution in [0, 0.1) is 0 Å². The second kappa shape index (κ2) is 9.68. The number of halogens is 3. The topological polar surface area (TPSA) is 48.5 Å². The zero-order chi connectivity index (χ0) is 22.6. The first kappa shape index (κ1) is 23.1. The van der Waals surface area contributed by atoms with E-state index in [1.54, 1.807) is 0 Å². The predicted octanol–water partition coefficient (Wildman–Crippen LogP) is 4.76. The largest absolute Gasteiger partial charge is 0.417 e. The van der Waals surface area contributed by atoms with Gasteiger partial charge in [-0.25, -0.2) is 4.98 Å². The van der Waals surface area contributed by atoms with Crippen LogP contribution in [-0.2, 0) is 11.0 Å². The highest BCUT2D eigenvalue weighted by Crippen LogP contribution is 2.29. The molecule has 168 valence electrons. The van der Waals surface area contributed by atoms with Crippen molar-refractivity contribution in [3.63, 3.8) is 0 Å². The maximum atomic E-state index is 12.9. The van der Waals surface area contributed by atoms with E-state index in [0.717, 1.165) is 36.5 Å². The molecule has 31 heavy (non-hydrogen) atoms. The third-order valence-corrected chi connectivity index (χ3v) is 5.70. The Balaban J connectivity index is 1.62. The van der Waals surface area contributed by atoms with Crippen LogP contribution in [0.1, 0.15) is 44.2 Å². The van der Waals surface area contributed by atoms with Gasteiger partial charge in [0.05, 0.1) is 11.6 Å². The Kier molecular flexibility index (Phi) is 7.20. The molecule has 1 amide bonds. The van der Waals surface area contributed by atoms with Gasteiger partial charge in [0, 0.05) is 38.1 Å². The molecule has 1 fully saturated rings. The lowest BCUT2D eigenvalue weighted by Gasteiger charge is -2.27. The van der Waals surface area contributed by atoms with Gasteiger partial charge in [-0.2, -0.15) is 13.2 Å².